The van der Waals surface area contributed by atoms with Crippen LogP contribution in [-0.4, -0.2) is 12.1 Å². The maximum atomic E-state index is 5.89. The predicted molar refractivity (Wildman–Crippen MR) is 68.3 cm³/mol. The summed E-state index contributed by atoms with van der Waals surface area (Å²) in [7, 11) is 0. The maximum absolute atomic E-state index is 5.89. The number of nitrogens with one attached hydrogen (secondary N) is 1. The molecule has 1 N–H and O–H groups in total. The molecule has 1 aromatic rings. The summed E-state index contributed by atoms with van der Waals surface area (Å²) in [6.45, 7) is 9.59. The van der Waals surface area contributed by atoms with E-state index in [4.69, 9.17) is 4.74 Å². The molecule has 2 heteroatoms. The second-order valence-corrected chi connectivity index (χ2v) is 5.58. The lowest BCUT2D eigenvalue weighted by Gasteiger charge is -2.26. The number of benzene rings is 1. The van der Waals surface area contributed by atoms with E-state index in [0.717, 1.165) is 12.3 Å². The van der Waals surface area contributed by atoms with Gasteiger partial charge in [-0.3, -0.25) is 0 Å². The minimum absolute atomic E-state index is 0.125. The number of rotatable bonds is 1. The Balaban J connectivity index is 2.27. The van der Waals surface area contributed by atoms with Gasteiger partial charge >= 0.3 is 0 Å². The maximum Gasteiger partial charge on any atom is 0.120 e. The molecule has 0 radical (unpaired) electrons. The summed E-state index contributed by atoms with van der Waals surface area (Å²) in [5.74, 6) is 1.60. The quantitative estimate of drug-likeness (QED) is 0.776. The second-order valence-electron chi connectivity index (χ2n) is 5.58. The molecule has 1 atom stereocenters. The number of ether oxygens (including phenoxy) is 1. The zero-order valence-corrected chi connectivity index (χ0v) is 10.6. The topological polar surface area (TPSA) is 21.3 Å². The van der Waals surface area contributed by atoms with Crippen molar-refractivity contribution in [1.82, 2.24) is 0 Å². The molecule has 1 heterocycles. The number of hydrogen-bond acceptors (Lipinski definition) is 2. The zero-order valence-electron chi connectivity index (χ0n) is 10.6. The highest BCUT2D eigenvalue weighted by Crippen LogP contribution is 2.34. The van der Waals surface area contributed by atoms with Crippen molar-refractivity contribution >= 4 is 5.69 Å². The van der Waals surface area contributed by atoms with E-state index in [1.807, 2.05) is 0 Å². The molecule has 0 aromatic heterocycles. The number of anilines is 1. The Kier molecular flexibility index (Phi) is 2.83. The monoisotopic (exact) mass is 219 g/mol. The third-order valence-corrected chi connectivity index (χ3v) is 2.87. The molecule has 1 aliphatic heterocycles. The molecule has 0 aliphatic carbocycles. The smallest absolute Gasteiger partial charge is 0.120 e. The lowest BCUT2D eigenvalue weighted by atomic mass is 9.92. The summed E-state index contributed by atoms with van der Waals surface area (Å²) < 4.78 is 5.89. The van der Waals surface area contributed by atoms with Crippen molar-refractivity contribution in [1.29, 1.82) is 0 Å². The molecule has 0 fully saturated rings. The van der Waals surface area contributed by atoms with Gasteiger partial charge in [-0.25, -0.2) is 0 Å². The standard InChI is InChI=1S/C14H21NO/c1-10-7-8-15-13-6-5-11(9-12(10)13)16-14(2,3)4/h5-6,9-10,15H,7-8H2,1-4H3. The Labute approximate surface area is 98.0 Å². The van der Waals surface area contributed by atoms with Gasteiger partial charge in [-0.15, -0.1) is 0 Å². The van der Waals surface area contributed by atoms with E-state index < -0.39 is 0 Å². The van der Waals surface area contributed by atoms with Crippen LogP contribution in [0, 0.1) is 0 Å². The molecule has 1 aromatic carbocycles. The van der Waals surface area contributed by atoms with Crippen LogP contribution in [0.5, 0.6) is 5.75 Å². The van der Waals surface area contributed by atoms with Crippen molar-refractivity contribution in [2.24, 2.45) is 0 Å². The molecule has 1 unspecified atom stereocenters. The summed E-state index contributed by atoms with van der Waals surface area (Å²) in [4.78, 5) is 0. The van der Waals surface area contributed by atoms with Crippen LogP contribution in [0.3, 0.4) is 0 Å². The van der Waals surface area contributed by atoms with Gasteiger partial charge in [-0.2, -0.15) is 0 Å². The van der Waals surface area contributed by atoms with Gasteiger partial charge in [0.25, 0.3) is 0 Å². The Morgan fingerprint density at radius 1 is 1.31 bits per heavy atom. The largest absolute Gasteiger partial charge is 0.488 e. The van der Waals surface area contributed by atoms with E-state index in [1.54, 1.807) is 0 Å². The van der Waals surface area contributed by atoms with Gasteiger partial charge in [0.2, 0.25) is 0 Å². The van der Waals surface area contributed by atoms with Crippen LogP contribution in [0.2, 0.25) is 0 Å². The van der Waals surface area contributed by atoms with Crippen LogP contribution < -0.4 is 10.1 Å². The van der Waals surface area contributed by atoms with Gasteiger partial charge in [0.1, 0.15) is 11.4 Å². The van der Waals surface area contributed by atoms with Crippen LogP contribution in [0.25, 0.3) is 0 Å². The lowest BCUT2D eigenvalue weighted by molar-refractivity contribution is 0.131. The molecule has 0 amide bonds. The molecular weight excluding hydrogens is 198 g/mol. The zero-order chi connectivity index (χ0) is 11.8. The first-order valence-electron chi connectivity index (χ1n) is 6.02. The van der Waals surface area contributed by atoms with E-state index >= 15 is 0 Å². The van der Waals surface area contributed by atoms with Crippen molar-refractivity contribution in [2.45, 2.75) is 45.6 Å². The Bertz CT molecular complexity index is 379. The molecule has 88 valence electrons. The molecule has 2 rings (SSSR count). The van der Waals surface area contributed by atoms with E-state index in [-0.39, 0.29) is 5.60 Å². The summed E-state index contributed by atoms with van der Waals surface area (Å²) in [5.41, 5.74) is 2.52. The minimum atomic E-state index is -0.125. The van der Waals surface area contributed by atoms with E-state index in [1.165, 1.54) is 17.7 Å². The third-order valence-electron chi connectivity index (χ3n) is 2.87. The molecule has 16 heavy (non-hydrogen) atoms. The fourth-order valence-electron chi connectivity index (χ4n) is 2.11. The summed E-state index contributed by atoms with van der Waals surface area (Å²) in [6.07, 6.45) is 1.20. The van der Waals surface area contributed by atoms with Gasteiger partial charge in [0, 0.05) is 12.2 Å². The Morgan fingerprint density at radius 3 is 2.75 bits per heavy atom. The van der Waals surface area contributed by atoms with Crippen molar-refractivity contribution in [3.63, 3.8) is 0 Å². The minimum Gasteiger partial charge on any atom is -0.488 e. The first-order chi connectivity index (χ1) is 7.46. The van der Waals surface area contributed by atoms with Crippen LogP contribution in [0.4, 0.5) is 5.69 Å². The molecule has 0 saturated heterocycles. The van der Waals surface area contributed by atoms with Crippen molar-refractivity contribution in [2.75, 3.05) is 11.9 Å². The third kappa shape index (κ3) is 2.49. The van der Waals surface area contributed by atoms with Gasteiger partial charge in [-0.1, -0.05) is 6.92 Å². The Hall–Kier alpha value is -1.18. The predicted octanol–water partition coefficient (Wildman–Crippen LogP) is 3.78. The van der Waals surface area contributed by atoms with Gasteiger partial charge < -0.3 is 10.1 Å². The Morgan fingerprint density at radius 2 is 2.06 bits per heavy atom. The fraction of sp³-hybridized carbons (Fsp3) is 0.571. The summed E-state index contributed by atoms with van der Waals surface area (Å²) in [5, 5.41) is 3.43. The second kappa shape index (κ2) is 4.00. The highest BCUT2D eigenvalue weighted by molar-refractivity contribution is 5.57. The highest BCUT2D eigenvalue weighted by Gasteiger charge is 2.18. The number of hydrogen-bond donors (Lipinski definition) is 1. The van der Waals surface area contributed by atoms with Crippen molar-refractivity contribution < 1.29 is 4.74 Å². The highest BCUT2D eigenvalue weighted by atomic mass is 16.5. The van der Waals surface area contributed by atoms with E-state index in [0.29, 0.717) is 5.92 Å². The van der Waals surface area contributed by atoms with E-state index in [2.05, 4.69) is 51.2 Å². The fourth-order valence-corrected chi connectivity index (χ4v) is 2.11. The molecular formula is C14H21NO. The van der Waals surface area contributed by atoms with Crippen LogP contribution >= 0.6 is 0 Å². The molecule has 0 bridgehead atoms. The van der Waals surface area contributed by atoms with Crippen LogP contribution in [0.1, 0.15) is 45.6 Å². The van der Waals surface area contributed by atoms with Crippen LogP contribution in [-0.2, 0) is 0 Å². The van der Waals surface area contributed by atoms with Crippen LogP contribution in [0.15, 0.2) is 18.2 Å². The lowest BCUT2D eigenvalue weighted by Crippen LogP contribution is -2.23. The number of fused-ring (bicyclic) bond motifs is 1. The first kappa shape index (κ1) is 11.3. The summed E-state index contributed by atoms with van der Waals surface area (Å²) >= 11 is 0. The molecule has 1 aliphatic rings. The average Bonchev–Trinajstić information content (AvgIpc) is 2.17. The molecule has 0 saturated carbocycles. The van der Waals surface area contributed by atoms with Crippen molar-refractivity contribution in [3.05, 3.63) is 23.8 Å². The average molecular weight is 219 g/mol. The first-order valence-corrected chi connectivity index (χ1v) is 6.02. The molecule has 0 spiro atoms. The van der Waals surface area contributed by atoms with E-state index in [9.17, 15) is 0 Å². The van der Waals surface area contributed by atoms with Crippen molar-refractivity contribution in [3.8, 4) is 5.75 Å². The van der Waals surface area contributed by atoms with Gasteiger partial charge in [0.15, 0.2) is 0 Å². The normalized spacial score (nSPS) is 19.9. The SMILES string of the molecule is CC1CCNc2ccc(OC(C)(C)C)cc21. The molecule has 2 nitrogen and oxygen atoms in total. The summed E-state index contributed by atoms with van der Waals surface area (Å²) in [6, 6.07) is 6.36. The van der Waals surface area contributed by atoms with Gasteiger partial charge in [-0.05, 0) is 56.9 Å². The van der Waals surface area contributed by atoms with Gasteiger partial charge in [0.05, 0.1) is 0 Å².